The Bertz CT molecular complexity index is 531. The molecule has 3 nitrogen and oxygen atoms in total. The van der Waals surface area contributed by atoms with Crippen molar-refractivity contribution in [2.24, 2.45) is 0 Å². The molecule has 0 bridgehead atoms. The van der Waals surface area contributed by atoms with Gasteiger partial charge in [-0.3, -0.25) is 0 Å². The van der Waals surface area contributed by atoms with Crippen molar-refractivity contribution in [1.82, 2.24) is 4.90 Å². The van der Waals surface area contributed by atoms with Crippen molar-refractivity contribution in [3.05, 3.63) is 33.8 Å². The lowest BCUT2D eigenvalue weighted by Crippen LogP contribution is -2.46. The van der Waals surface area contributed by atoms with Crippen molar-refractivity contribution < 1.29 is 9.47 Å². The minimum Gasteiger partial charge on any atom is -0.348 e. The molecule has 1 aromatic rings. The molecule has 0 aromatic heterocycles. The van der Waals surface area contributed by atoms with Gasteiger partial charge in [0.05, 0.1) is 23.3 Å². The Morgan fingerprint density at radius 1 is 1.00 bits per heavy atom. The number of benzene rings is 1. The molecule has 1 saturated heterocycles. The van der Waals surface area contributed by atoms with Gasteiger partial charge >= 0.3 is 0 Å². The molecule has 1 heterocycles. The lowest BCUT2D eigenvalue weighted by Gasteiger charge is -2.45. The monoisotopic (exact) mass is 343 g/mol. The van der Waals surface area contributed by atoms with E-state index in [9.17, 15) is 0 Å². The highest BCUT2D eigenvalue weighted by atomic mass is 35.5. The predicted molar refractivity (Wildman–Crippen MR) is 89.8 cm³/mol. The van der Waals surface area contributed by atoms with Crippen LogP contribution >= 0.6 is 23.2 Å². The number of likely N-dealkylation sites (N-methyl/N-ethyl adjacent to an activating group) is 1. The number of rotatable bonds is 3. The molecule has 22 heavy (non-hydrogen) atoms. The molecule has 1 aliphatic carbocycles. The molecular weight excluding hydrogens is 321 g/mol. The van der Waals surface area contributed by atoms with Crippen molar-refractivity contribution in [2.45, 2.75) is 36.9 Å². The van der Waals surface area contributed by atoms with Gasteiger partial charge in [0.1, 0.15) is 0 Å². The molecule has 1 spiro atoms. The molecule has 2 aliphatic rings. The van der Waals surface area contributed by atoms with Crippen LogP contribution in [0.5, 0.6) is 0 Å². The second-order valence-corrected chi connectivity index (χ2v) is 7.57. The lowest BCUT2D eigenvalue weighted by molar-refractivity contribution is -0.185. The summed E-state index contributed by atoms with van der Waals surface area (Å²) in [4.78, 5) is 2.25. The standard InChI is InChI=1S/C17H23Cl2NO2/c1-20(2)12-16(13-3-4-14(18)15(19)11-13)5-7-17(8-6-16)21-9-10-22-17/h3-4,11H,5-10,12H2,1-2H3. The highest BCUT2D eigenvalue weighted by molar-refractivity contribution is 6.42. The van der Waals surface area contributed by atoms with E-state index in [1.807, 2.05) is 12.1 Å². The van der Waals surface area contributed by atoms with Gasteiger partial charge in [-0.15, -0.1) is 0 Å². The third-order valence-corrected chi connectivity index (χ3v) is 5.67. The normalized spacial score (nSPS) is 23.3. The van der Waals surface area contributed by atoms with Crippen LogP contribution in [0.2, 0.25) is 10.0 Å². The zero-order valence-corrected chi connectivity index (χ0v) is 14.7. The molecule has 0 unspecified atom stereocenters. The van der Waals surface area contributed by atoms with Gasteiger partial charge in [-0.25, -0.2) is 0 Å². The quantitative estimate of drug-likeness (QED) is 0.824. The van der Waals surface area contributed by atoms with Crippen molar-refractivity contribution in [3.8, 4) is 0 Å². The van der Waals surface area contributed by atoms with E-state index in [2.05, 4.69) is 25.1 Å². The van der Waals surface area contributed by atoms with Crippen LogP contribution in [0.3, 0.4) is 0 Å². The van der Waals surface area contributed by atoms with Gasteiger partial charge in [0.25, 0.3) is 0 Å². The van der Waals surface area contributed by atoms with E-state index < -0.39 is 0 Å². The molecule has 0 amide bonds. The number of hydrogen-bond acceptors (Lipinski definition) is 3. The molecule has 1 aliphatic heterocycles. The van der Waals surface area contributed by atoms with Crippen LogP contribution in [0, 0.1) is 0 Å². The van der Waals surface area contributed by atoms with Gasteiger partial charge in [-0.05, 0) is 44.6 Å². The topological polar surface area (TPSA) is 21.7 Å². The van der Waals surface area contributed by atoms with Crippen LogP contribution in [0.4, 0.5) is 0 Å². The molecule has 1 aromatic carbocycles. The summed E-state index contributed by atoms with van der Waals surface area (Å²) in [5.74, 6) is -0.341. The Balaban J connectivity index is 1.87. The molecular formula is C17H23Cl2NO2. The molecule has 0 atom stereocenters. The summed E-state index contributed by atoms with van der Waals surface area (Å²) in [6.07, 6.45) is 3.93. The Morgan fingerprint density at radius 2 is 1.64 bits per heavy atom. The average Bonchev–Trinajstić information content (AvgIpc) is 2.93. The van der Waals surface area contributed by atoms with E-state index in [1.54, 1.807) is 0 Å². The Kier molecular flexibility index (Phi) is 4.73. The third-order valence-electron chi connectivity index (χ3n) is 4.93. The van der Waals surface area contributed by atoms with Crippen LogP contribution in [-0.4, -0.2) is 44.5 Å². The summed E-state index contributed by atoms with van der Waals surface area (Å²) in [6, 6.07) is 6.05. The third kappa shape index (κ3) is 3.15. The van der Waals surface area contributed by atoms with E-state index >= 15 is 0 Å². The number of hydrogen-bond donors (Lipinski definition) is 0. The fraction of sp³-hybridized carbons (Fsp3) is 0.647. The Labute approximate surface area is 142 Å². The van der Waals surface area contributed by atoms with E-state index in [-0.39, 0.29) is 11.2 Å². The van der Waals surface area contributed by atoms with Gasteiger partial charge in [0.2, 0.25) is 0 Å². The van der Waals surface area contributed by atoms with Crippen LogP contribution in [0.15, 0.2) is 18.2 Å². The first-order valence-corrected chi connectivity index (χ1v) is 8.59. The first kappa shape index (κ1) is 16.5. The van der Waals surface area contributed by atoms with Gasteiger partial charge in [-0.2, -0.15) is 0 Å². The highest BCUT2D eigenvalue weighted by Gasteiger charge is 2.47. The van der Waals surface area contributed by atoms with Crippen LogP contribution in [0.1, 0.15) is 31.2 Å². The molecule has 0 radical (unpaired) electrons. The SMILES string of the molecule is CN(C)CC1(c2ccc(Cl)c(Cl)c2)CCC2(CC1)OCCO2. The molecule has 0 N–H and O–H groups in total. The van der Waals surface area contributed by atoms with Gasteiger partial charge in [0.15, 0.2) is 5.79 Å². The van der Waals surface area contributed by atoms with Crippen LogP contribution in [0.25, 0.3) is 0 Å². The second kappa shape index (κ2) is 6.29. The largest absolute Gasteiger partial charge is 0.348 e. The highest BCUT2D eigenvalue weighted by Crippen LogP contribution is 2.47. The second-order valence-electron chi connectivity index (χ2n) is 6.75. The number of ether oxygens (including phenoxy) is 2. The van der Waals surface area contributed by atoms with E-state index in [1.165, 1.54) is 5.56 Å². The summed E-state index contributed by atoms with van der Waals surface area (Å²) in [5, 5.41) is 1.24. The summed E-state index contributed by atoms with van der Waals surface area (Å²) in [7, 11) is 4.23. The number of nitrogens with zero attached hydrogens (tertiary/aromatic N) is 1. The van der Waals surface area contributed by atoms with Gasteiger partial charge in [-0.1, -0.05) is 29.3 Å². The first-order chi connectivity index (χ1) is 10.4. The Morgan fingerprint density at radius 3 is 2.18 bits per heavy atom. The molecule has 3 rings (SSSR count). The maximum atomic E-state index is 6.26. The summed E-state index contributed by atoms with van der Waals surface area (Å²) >= 11 is 12.3. The maximum Gasteiger partial charge on any atom is 0.168 e. The van der Waals surface area contributed by atoms with Crippen molar-refractivity contribution in [2.75, 3.05) is 33.9 Å². The summed E-state index contributed by atoms with van der Waals surface area (Å²) in [6.45, 7) is 2.42. The average molecular weight is 344 g/mol. The smallest absolute Gasteiger partial charge is 0.168 e. The lowest BCUT2D eigenvalue weighted by atomic mass is 9.67. The maximum absolute atomic E-state index is 6.26. The van der Waals surface area contributed by atoms with Crippen LogP contribution < -0.4 is 0 Å². The van der Waals surface area contributed by atoms with E-state index in [0.29, 0.717) is 23.3 Å². The number of halogens is 2. The Hall–Kier alpha value is -0.320. The molecule has 2 fully saturated rings. The van der Waals surface area contributed by atoms with E-state index in [0.717, 1.165) is 32.2 Å². The minimum atomic E-state index is -0.341. The van der Waals surface area contributed by atoms with Crippen LogP contribution in [-0.2, 0) is 14.9 Å². The predicted octanol–water partition coefficient (Wildman–Crippen LogP) is 4.11. The summed E-state index contributed by atoms with van der Waals surface area (Å²) in [5.41, 5.74) is 1.35. The van der Waals surface area contributed by atoms with Gasteiger partial charge in [0, 0.05) is 24.8 Å². The molecule has 122 valence electrons. The minimum absolute atomic E-state index is 0.0816. The van der Waals surface area contributed by atoms with Crippen molar-refractivity contribution in [1.29, 1.82) is 0 Å². The fourth-order valence-corrected chi connectivity index (χ4v) is 4.16. The molecule has 1 saturated carbocycles. The van der Waals surface area contributed by atoms with Crippen molar-refractivity contribution in [3.63, 3.8) is 0 Å². The molecule has 5 heteroatoms. The fourth-order valence-electron chi connectivity index (χ4n) is 3.86. The van der Waals surface area contributed by atoms with Gasteiger partial charge < -0.3 is 14.4 Å². The first-order valence-electron chi connectivity index (χ1n) is 7.83. The summed E-state index contributed by atoms with van der Waals surface area (Å²) < 4.78 is 11.8. The zero-order valence-electron chi connectivity index (χ0n) is 13.2. The van der Waals surface area contributed by atoms with Crippen molar-refractivity contribution >= 4 is 23.2 Å². The van der Waals surface area contributed by atoms with E-state index in [4.69, 9.17) is 32.7 Å². The zero-order chi connectivity index (χ0) is 15.8.